The molecule has 6 unspecified atom stereocenters. The zero-order valence-electron chi connectivity index (χ0n) is 22.4. The molecule has 0 aromatic heterocycles. The molecule has 4 aliphatic heterocycles. The predicted octanol–water partition coefficient (Wildman–Crippen LogP) is 4.29. The summed E-state index contributed by atoms with van der Waals surface area (Å²) in [6.07, 6.45) is 12.6. The fraction of sp³-hybridized carbons (Fsp3) is 0.600. The largest absolute Gasteiger partial charge is 0.462 e. The molecule has 0 bridgehead atoms. The normalized spacial score (nSPS) is 29.9. The van der Waals surface area contributed by atoms with Crippen molar-refractivity contribution in [2.75, 3.05) is 6.79 Å². The quantitative estimate of drug-likeness (QED) is 0.249. The number of carbonyl (C=O) groups is 2. The van der Waals surface area contributed by atoms with Crippen molar-refractivity contribution in [3.05, 3.63) is 48.1 Å². The minimum Gasteiger partial charge on any atom is -0.462 e. The Kier molecular flexibility index (Phi) is 8.89. The third-order valence-corrected chi connectivity index (χ3v) is 7.59. The molecule has 9 nitrogen and oxygen atoms in total. The van der Waals surface area contributed by atoms with Crippen molar-refractivity contribution in [1.29, 1.82) is 0 Å². The highest BCUT2D eigenvalue weighted by atomic mass is 16.7. The number of aryl methyl sites for hydroxylation is 1. The number of ether oxygens (including phenoxy) is 6. The van der Waals surface area contributed by atoms with Crippen molar-refractivity contribution in [3.63, 3.8) is 0 Å². The molecule has 1 aromatic rings. The Balaban J connectivity index is 1.02. The van der Waals surface area contributed by atoms with Crippen LogP contribution in [0.2, 0.25) is 0 Å². The first-order chi connectivity index (χ1) is 18.9. The highest BCUT2D eigenvalue weighted by molar-refractivity contribution is 5.83. The molecule has 0 radical (unpaired) electrons. The molecule has 1 spiro atoms. The number of aliphatic hydroxyl groups is 1. The Morgan fingerprint density at radius 1 is 1.15 bits per heavy atom. The first-order valence-corrected chi connectivity index (χ1v) is 14.0. The molecule has 0 amide bonds. The molecule has 2 saturated heterocycles. The fourth-order valence-electron chi connectivity index (χ4n) is 5.87. The highest BCUT2D eigenvalue weighted by Crippen LogP contribution is 2.44. The summed E-state index contributed by atoms with van der Waals surface area (Å²) in [7, 11) is 0. The number of unbranched alkanes of at least 4 members (excludes halogenated alkanes) is 2. The maximum Gasteiger partial charge on any atom is 0.330 e. The number of aliphatic hydroxyl groups excluding tert-OH is 1. The van der Waals surface area contributed by atoms with Gasteiger partial charge in [-0.05, 0) is 62.3 Å². The van der Waals surface area contributed by atoms with Gasteiger partial charge in [0.1, 0.15) is 18.3 Å². The molecule has 0 aliphatic carbocycles. The van der Waals surface area contributed by atoms with Crippen LogP contribution in [0.25, 0.3) is 0 Å². The summed E-state index contributed by atoms with van der Waals surface area (Å²) in [5.74, 6) is -0.122. The molecular weight excluding hydrogens is 504 g/mol. The summed E-state index contributed by atoms with van der Waals surface area (Å²) in [6, 6.07) is 6.08. The average Bonchev–Trinajstić information content (AvgIpc) is 3.48. The minimum absolute atomic E-state index is 0.294. The van der Waals surface area contributed by atoms with Gasteiger partial charge in [0.2, 0.25) is 6.79 Å². The van der Waals surface area contributed by atoms with Crippen molar-refractivity contribution in [3.8, 4) is 11.5 Å². The van der Waals surface area contributed by atoms with E-state index in [0.29, 0.717) is 38.9 Å². The monoisotopic (exact) mass is 542 g/mol. The molecule has 4 aliphatic rings. The summed E-state index contributed by atoms with van der Waals surface area (Å²) in [5, 5.41) is 10.7. The number of hydrogen-bond donors (Lipinski definition) is 1. The molecule has 39 heavy (non-hydrogen) atoms. The number of fused-ring (bicyclic) bond motifs is 2. The smallest absolute Gasteiger partial charge is 0.330 e. The summed E-state index contributed by atoms with van der Waals surface area (Å²) < 4.78 is 34.3. The van der Waals surface area contributed by atoms with Gasteiger partial charge in [0.15, 0.2) is 17.3 Å². The Bertz CT molecular complexity index is 1080. The molecular formula is C30H38O9. The van der Waals surface area contributed by atoms with Gasteiger partial charge in [-0.15, -0.1) is 0 Å². The number of carbonyl (C=O) groups excluding carboxylic acids is 2. The van der Waals surface area contributed by atoms with E-state index < -0.39 is 24.0 Å². The number of allylic oxidation sites excluding steroid dienone is 2. The zero-order valence-corrected chi connectivity index (χ0v) is 22.4. The third-order valence-electron chi connectivity index (χ3n) is 7.59. The van der Waals surface area contributed by atoms with Crippen LogP contribution in [0.3, 0.4) is 0 Å². The van der Waals surface area contributed by atoms with Crippen molar-refractivity contribution in [2.45, 2.75) is 107 Å². The summed E-state index contributed by atoms with van der Waals surface area (Å²) in [6.45, 7) is 1.68. The van der Waals surface area contributed by atoms with Crippen LogP contribution in [-0.2, 0) is 35.0 Å². The van der Waals surface area contributed by atoms with Crippen LogP contribution >= 0.6 is 0 Å². The Morgan fingerprint density at radius 2 is 2.00 bits per heavy atom. The van der Waals surface area contributed by atoms with E-state index >= 15 is 0 Å². The van der Waals surface area contributed by atoms with E-state index in [-0.39, 0.29) is 24.3 Å². The average molecular weight is 543 g/mol. The van der Waals surface area contributed by atoms with Crippen LogP contribution in [0.5, 0.6) is 11.5 Å². The van der Waals surface area contributed by atoms with Gasteiger partial charge in [0.05, 0.1) is 12.2 Å². The van der Waals surface area contributed by atoms with Crippen LogP contribution in [0.15, 0.2) is 42.5 Å². The highest BCUT2D eigenvalue weighted by Gasteiger charge is 2.54. The second kappa shape index (κ2) is 12.5. The molecule has 1 aromatic carbocycles. The lowest BCUT2D eigenvalue weighted by atomic mass is 9.91. The van der Waals surface area contributed by atoms with Gasteiger partial charge in [0.25, 0.3) is 0 Å². The molecule has 9 heteroatoms. The molecule has 212 valence electrons. The first-order valence-electron chi connectivity index (χ1n) is 14.0. The van der Waals surface area contributed by atoms with Crippen LogP contribution in [0, 0.1) is 0 Å². The second-order valence-corrected chi connectivity index (χ2v) is 10.8. The lowest BCUT2D eigenvalue weighted by Crippen LogP contribution is -2.48. The standard InChI is InChI=1S/C30H38O9/c1-20(31)36-24-16-23(38-30(17-24)18-28-26(39-30)12-13-29(33)37-28)15-22(32)9-7-5-3-2-4-6-8-21-10-11-25-27(14-21)35-19-34-25/h2,4,10-14,22-24,26,28,32H,3,5-9,15-19H2,1H3. The summed E-state index contributed by atoms with van der Waals surface area (Å²) >= 11 is 0. The molecule has 6 atom stereocenters. The molecule has 2 fully saturated rings. The Morgan fingerprint density at radius 3 is 2.87 bits per heavy atom. The van der Waals surface area contributed by atoms with Gasteiger partial charge < -0.3 is 33.5 Å². The van der Waals surface area contributed by atoms with E-state index in [1.807, 2.05) is 12.1 Å². The van der Waals surface area contributed by atoms with Crippen LogP contribution in [0.4, 0.5) is 0 Å². The first kappa shape index (κ1) is 27.7. The van der Waals surface area contributed by atoms with Crippen molar-refractivity contribution >= 4 is 11.9 Å². The second-order valence-electron chi connectivity index (χ2n) is 10.8. The number of rotatable bonds is 11. The van der Waals surface area contributed by atoms with E-state index in [1.54, 1.807) is 6.08 Å². The van der Waals surface area contributed by atoms with Gasteiger partial charge >= 0.3 is 11.9 Å². The molecule has 1 N–H and O–H groups in total. The lowest BCUT2D eigenvalue weighted by Gasteiger charge is -2.41. The van der Waals surface area contributed by atoms with Crippen molar-refractivity contribution < 1.29 is 43.1 Å². The molecule has 5 rings (SSSR count). The Hall–Kier alpha value is -2.88. The van der Waals surface area contributed by atoms with E-state index in [4.69, 9.17) is 28.4 Å². The number of benzene rings is 1. The topological polar surface area (TPSA) is 110 Å². The van der Waals surface area contributed by atoms with Gasteiger partial charge in [-0.3, -0.25) is 4.79 Å². The van der Waals surface area contributed by atoms with E-state index in [9.17, 15) is 14.7 Å². The van der Waals surface area contributed by atoms with Gasteiger partial charge in [0, 0.05) is 32.3 Å². The van der Waals surface area contributed by atoms with Gasteiger partial charge in [-0.2, -0.15) is 0 Å². The van der Waals surface area contributed by atoms with Crippen molar-refractivity contribution in [2.24, 2.45) is 0 Å². The zero-order chi connectivity index (χ0) is 27.2. The van der Waals surface area contributed by atoms with Crippen LogP contribution in [0.1, 0.15) is 70.3 Å². The van der Waals surface area contributed by atoms with E-state index in [0.717, 1.165) is 43.6 Å². The third kappa shape index (κ3) is 7.41. The maximum absolute atomic E-state index is 11.7. The molecule has 4 heterocycles. The van der Waals surface area contributed by atoms with Gasteiger partial charge in [-0.1, -0.05) is 24.6 Å². The minimum atomic E-state index is -1.00. The number of esters is 2. The lowest BCUT2D eigenvalue weighted by molar-refractivity contribution is -0.286. The van der Waals surface area contributed by atoms with Crippen LogP contribution < -0.4 is 9.47 Å². The van der Waals surface area contributed by atoms with Crippen molar-refractivity contribution in [1.82, 2.24) is 0 Å². The van der Waals surface area contributed by atoms with Crippen LogP contribution in [-0.4, -0.2) is 60.1 Å². The molecule has 0 saturated carbocycles. The SMILES string of the molecule is CC(=O)OC1CC(CC(O)CCCCC=CCCc2ccc3c(c2)OCO3)OC2(C1)CC1OC(=O)C=CC1O2. The Labute approximate surface area is 229 Å². The fourth-order valence-corrected chi connectivity index (χ4v) is 5.87. The summed E-state index contributed by atoms with van der Waals surface area (Å²) in [4.78, 5) is 23.3. The predicted molar refractivity (Wildman–Crippen MR) is 140 cm³/mol. The summed E-state index contributed by atoms with van der Waals surface area (Å²) in [5.41, 5.74) is 1.23. The van der Waals surface area contributed by atoms with E-state index in [1.165, 1.54) is 18.6 Å². The number of hydrogen-bond acceptors (Lipinski definition) is 9. The van der Waals surface area contributed by atoms with E-state index in [2.05, 4.69) is 18.2 Å². The maximum atomic E-state index is 11.7. The van der Waals surface area contributed by atoms with Gasteiger partial charge in [-0.25, -0.2) is 4.79 Å².